The zero-order valence-corrected chi connectivity index (χ0v) is 11.5. The molecule has 2 aromatic rings. The second-order valence-electron chi connectivity index (χ2n) is 4.19. The number of hydrogen-bond donors (Lipinski definition) is 2. The average Bonchev–Trinajstić information content (AvgIpc) is 2.83. The minimum atomic E-state index is -0.449. The van der Waals surface area contributed by atoms with Crippen molar-refractivity contribution in [3.8, 4) is 0 Å². The molecule has 20 heavy (non-hydrogen) atoms. The van der Waals surface area contributed by atoms with E-state index in [0.717, 1.165) is 5.82 Å². The second kappa shape index (κ2) is 6.05. The molecule has 0 aliphatic carbocycles. The fourth-order valence-corrected chi connectivity index (χ4v) is 1.72. The number of pyridine rings is 1. The Morgan fingerprint density at radius 2 is 2.30 bits per heavy atom. The highest BCUT2D eigenvalue weighted by atomic mass is 16.5. The fourth-order valence-electron chi connectivity index (χ4n) is 1.72. The van der Waals surface area contributed by atoms with Gasteiger partial charge in [0.2, 0.25) is 0 Å². The van der Waals surface area contributed by atoms with Gasteiger partial charge < -0.3 is 20.4 Å². The quantitative estimate of drug-likeness (QED) is 0.796. The van der Waals surface area contributed by atoms with Gasteiger partial charge in [-0.2, -0.15) is 0 Å². The van der Waals surface area contributed by atoms with Gasteiger partial charge in [-0.3, -0.25) is 0 Å². The summed E-state index contributed by atoms with van der Waals surface area (Å²) >= 11 is 0. The van der Waals surface area contributed by atoms with Crippen LogP contribution in [0.3, 0.4) is 0 Å². The Balaban J connectivity index is 2.18. The Hall–Kier alpha value is -2.57. The first-order valence-electron chi connectivity index (χ1n) is 6.24. The first-order chi connectivity index (χ1) is 9.61. The maximum absolute atomic E-state index is 11.9. The number of nitrogens with zero attached hydrogens (tertiary/aromatic N) is 3. The van der Waals surface area contributed by atoms with E-state index in [1.54, 1.807) is 19.2 Å². The molecule has 0 fully saturated rings. The maximum atomic E-state index is 11.9. The van der Waals surface area contributed by atoms with E-state index < -0.39 is 5.97 Å². The summed E-state index contributed by atoms with van der Waals surface area (Å²) in [6, 6.07) is 1.55. The van der Waals surface area contributed by atoms with Gasteiger partial charge >= 0.3 is 5.97 Å². The summed E-state index contributed by atoms with van der Waals surface area (Å²) in [5.74, 6) is 0.814. The molecular formula is C13H17N5O2. The van der Waals surface area contributed by atoms with E-state index in [-0.39, 0.29) is 0 Å². The van der Waals surface area contributed by atoms with Crippen molar-refractivity contribution >= 4 is 17.5 Å². The molecule has 0 aliphatic rings. The first-order valence-corrected chi connectivity index (χ1v) is 6.24. The van der Waals surface area contributed by atoms with Crippen molar-refractivity contribution < 1.29 is 9.53 Å². The molecule has 0 aliphatic heterocycles. The summed E-state index contributed by atoms with van der Waals surface area (Å²) in [6.45, 7) is 2.50. The van der Waals surface area contributed by atoms with Crippen molar-refractivity contribution in [2.45, 2.75) is 13.5 Å². The Morgan fingerprint density at radius 3 is 2.95 bits per heavy atom. The van der Waals surface area contributed by atoms with Crippen LogP contribution in [0.2, 0.25) is 0 Å². The molecule has 2 heterocycles. The second-order valence-corrected chi connectivity index (χ2v) is 4.19. The van der Waals surface area contributed by atoms with Crippen molar-refractivity contribution in [3.05, 3.63) is 36.0 Å². The number of nitrogens with one attached hydrogen (secondary N) is 1. The lowest BCUT2D eigenvalue weighted by molar-refractivity contribution is 0.0527. The summed E-state index contributed by atoms with van der Waals surface area (Å²) < 4.78 is 6.87. The number of aryl methyl sites for hydroxylation is 1. The van der Waals surface area contributed by atoms with Crippen LogP contribution in [-0.2, 0) is 18.3 Å². The van der Waals surface area contributed by atoms with Gasteiger partial charge in [0.05, 0.1) is 25.0 Å². The molecule has 0 saturated carbocycles. The normalized spacial score (nSPS) is 10.3. The van der Waals surface area contributed by atoms with Crippen molar-refractivity contribution in [3.63, 3.8) is 0 Å². The largest absolute Gasteiger partial charge is 0.462 e. The third-order valence-electron chi connectivity index (χ3n) is 2.74. The molecule has 106 valence electrons. The van der Waals surface area contributed by atoms with Crippen molar-refractivity contribution in [2.75, 3.05) is 17.7 Å². The van der Waals surface area contributed by atoms with Gasteiger partial charge in [0, 0.05) is 19.4 Å². The van der Waals surface area contributed by atoms with Gasteiger partial charge in [-0.25, -0.2) is 14.8 Å². The molecule has 0 amide bonds. The predicted octanol–water partition coefficient (Wildman–Crippen LogP) is 1.19. The zero-order chi connectivity index (χ0) is 14.5. The third kappa shape index (κ3) is 3.05. The number of aromatic nitrogens is 3. The van der Waals surface area contributed by atoms with Crippen LogP contribution in [0.4, 0.5) is 11.5 Å². The van der Waals surface area contributed by atoms with Crippen molar-refractivity contribution in [2.24, 2.45) is 7.05 Å². The number of nitrogen functional groups attached to an aromatic ring is 1. The molecule has 0 spiro atoms. The number of rotatable bonds is 5. The van der Waals surface area contributed by atoms with E-state index in [9.17, 15) is 4.79 Å². The smallest absolute Gasteiger partial charge is 0.341 e. The molecule has 2 rings (SSSR count). The minimum absolute atomic E-state index is 0.298. The van der Waals surface area contributed by atoms with Crippen molar-refractivity contribution in [1.29, 1.82) is 0 Å². The van der Waals surface area contributed by atoms with Crippen LogP contribution in [0.5, 0.6) is 0 Å². The summed E-state index contributed by atoms with van der Waals surface area (Å²) in [6.07, 6.45) is 5.04. The van der Waals surface area contributed by atoms with Gasteiger partial charge in [0.15, 0.2) is 0 Å². The average molecular weight is 275 g/mol. The topological polar surface area (TPSA) is 95.1 Å². The summed E-state index contributed by atoms with van der Waals surface area (Å²) in [5, 5.41) is 3.07. The summed E-state index contributed by atoms with van der Waals surface area (Å²) in [5.41, 5.74) is 6.39. The van der Waals surface area contributed by atoms with E-state index in [1.165, 1.54) is 6.20 Å². The van der Waals surface area contributed by atoms with Gasteiger partial charge in [-0.15, -0.1) is 0 Å². The molecule has 2 aromatic heterocycles. The number of nitrogens with two attached hydrogens (primary N) is 1. The van der Waals surface area contributed by atoms with E-state index >= 15 is 0 Å². The standard InChI is InChI=1S/C13H17N5O2/c1-3-20-13(19)10-6-9(14)7-16-12(10)17-8-11-15-4-5-18(11)2/h4-7H,3,8,14H2,1-2H3,(H,16,17). The lowest BCUT2D eigenvalue weighted by atomic mass is 10.2. The SMILES string of the molecule is CCOC(=O)c1cc(N)cnc1NCc1nccn1C. The van der Waals surface area contributed by atoms with E-state index in [4.69, 9.17) is 10.5 Å². The number of esters is 1. The lowest BCUT2D eigenvalue weighted by Gasteiger charge is -2.11. The fraction of sp³-hybridized carbons (Fsp3) is 0.308. The Kier molecular flexibility index (Phi) is 4.19. The molecule has 0 radical (unpaired) electrons. The summed E-state index contributed by atoms with van der Waals surface area (Å²) in [4.78, 5) is 20.2. The van der Waals surface area contributed by atoms with Crippen LogP contribution < -0.4 is 11.1 Å². The number of carbonyl (C=O) groups excluding carboxylic acids is 1. The molecule has 0 saturated heterocycles. The molecule has 0 bridgehead atoms. The highest BCUT2D eigenvalue weighted by Crippen LogP contribution is 2.17. The van der Waals surface area contributed by atoms with Gasteiger partial charge in [0.25, 0.3) is 0 Å². The molecule has 3 N–H and O–H groups in total. The van der Waals surface area contributed by atoms with Crippen LogP contribution in [0.25, 0.3) is 0 Å². The molecule has 0 unspecified atom stereocenters. The summed E-state index contributed by atoms with van der Waals surface area (Å²) in [7, 11) is 1.90. The van der Waals surface area contributed by atoms with Crippen molar-refractivity contribution in [1.82, 2.24) is 14.5 Å². The number of hydrogen-bond acceptors (Lipinski definition) is 6. The number of carbonyl (C=O) groups is 1. The van der Waals surface area contributed by atoms with Crippen LogP contribution in [0.15, 0.2) is 24.7 Å². The molecule has 7 heteroatoms. The van der Waals surface area contributed by atoms with Crippen LogP contribution in [0.1, 0.15) is 23.1 Å². The van der Waals surface area contributed by atoms with Crippen LogP contribution >= 0.6 is 0 Å². The Bertz CT molecular complexity index is 609. The van der Waals surface area contributed by atoms with E-state index in [0.29, 0.717) is 30.2 Å². The van der Waals surface area contributed by atoms with Gasteiger partial charge in [0.1, 0.15) is 17.2 Å². The Morgan fingerprint density at radius 1 is 1.50 bits per heavy atom. The lowest BCUT2D eigenvalue weighted by Crippen LogP contribution is -2.13. The molecule has 0 aromatic carbocycles. The van der Waals surface area contributed by atoms with Crippen LogP contribution in [-0.4, -0.2) is 27.1 Å². The highest BCUT2D eigenvalue weighted by molar-refractivity contribution is 5.95. The van der Waals surface area contributed by atoms with Gasteiger partial charge in [-0.05, 0) is 13.0 Å². The number of imidazole rings is 1. The zero-order valence-electron chi connectivity index (χ0n) is 11.5. The Labute approximate surface area is 116 Å². The highest BCUT2D eigenvalue weighted by Gasteiger charge is 2.14. The molecule has 7 nitrogen and oxygen atoms in total. The monoisotopic (exact) mass is 275 g/mol. The van der Waals surface area contributed by atoms with E-state index in [2.05, 4.69) is 15.3 Å². The molecule has 0 atom stereocenters. The third-order valence-corrected chi connectivity index (χ3v) is 2.74. The number of anilines is 2. The molecular weight excluding hydrogens is 258 g/mol. The maximum Gasteiger partial charge on any atom is 0.341 e. The minimum Gasteiger partial charge on any atom is -0.462 e. The van der Waals surface area contributed by atoms with Gasteiger partial charge in [-0.1, -0.05) is 0 Å². The number of ether oxygens (including phenoxy) is 1. The van der Waals surface area contributed by atoms with Crippen LogP contribution in [0, 0.1) is 0 Å². The predicted molar refractivity (Wildman–Crippen MR) is 75.1 cm³/mol. The van der Waals surface area contributed by atoms with E-state index in [1.807, 2.05) is 17.8 Å². The first kappa shape index (κ1) is 13.9.